The number of pyridine rings is 1. The Hall–Kier alpha value is -4.66. The number of anilines is 2. The highest BCUT2D eigenvalue weighted by atomic mass is 16.5. The average Bonchev–Trinajstić information content (AvgIpc) is 3.27. The number of hydrogen-bond donors (Lipinski definition) is 3. The Morgan fingerprint density at radius 1 is 1.12 bits per heavy atom. The summed E-state index contributed by atoms with van der Waals surface area (Å²) in [5.41, 5.74) is 3.36. The molecule has 9 nitrogen and oxygen atoms in total. The second-order valence-electron chi connectivity index (χ2n) is 7.79. The van der Waals surface area contributed by atoms with Gasteiger partial charge in [0.05, 0.1) is 24.6 Å². The van der Waals surface area contributed by atoms with Crippen molar-refractivity contribution in [1.29, 1.82) is 0 Å². The summed E-state index contributed by atoms with van der Waals surface area (Å²) in [4.78, 5) is 22.2. The smallest absolute Gasteiger partial charge is 0.255 e. The lowest BCUT2D eigenvalue weighted by atomic mass is 9.95. The van der Waals surface area contributed by atoms with Crippen molar-refractivity contribution in [2.75, 3.05) is 17.7 Å². The number of methoxy groups -OCH3 is 1. The lowest BCUT2D eigenvalue weighted by molar-refractivity contribution is -0.113. The van der Waals surface area contributed by atoms with E-state index in [-0.39, 0.29) is 11.7 Å². The van der Waals surface area contributed by atoms with Gasteiger partial charge in [0.15, 0.2) is 5.82 Å². The second-order valence-corrected chi connectivity index (χ2v) is 7.79. The zero-order valence-electron chi connectivity index (χ0n) is 18.6. The topological polar surface area (TPSA) is 114 Å². The summed E-state index contributed by atoms with van der Waals surface area (Å²) in [5.74, 6) is 1.59. The van der Waals surface area contributed by atoms with E-state index in [2.05, 4.69) is 20.6 Å². The van der Waals surface area contributed by atoms with E-state index >= 15 is 0 Å². The van der Waals surface area contributed by atoms with E-state index in [4.69, 9.17) is 9.84 Å². The van der Waals surface area contributed by atoms with Crippen molar-refractivity contribution in [2.24, 2.45) is 0 Å². The van der Waals surface area contributed by atoms with Crippen molar-refractivity contribution in [3.8, 4) is 22.9 Å². The molecule has 0 aliphatic carbocycles. The van der Waals surface area contributed by atoms with Gasteiger partial charge in [-0.15, -0.1) is 5.10 Å². The minimum atomic E-state index is -0.530. The van der Waals surface area contributed by atoms with Gasteiger partial charge in [0, 0.05) is 17.5 Å². The molecule has 2 aromatic heterocycles. The highest BCUT2D eigenvalue weighted by Gasteiger charge is 2.34. The van der Waals surface area contributed by atoms with Crippen LogP contribution in [0.3, 0.4) is 0 Å². The van der Waals surface area contributed by atoms with Gasteiger partial charge in [-0.2, -0.15) is 4.98 Å². The van der Waals surface area contributed by atoms with Gasteiger partial charge in [-0.3, -0.25) is 9.78 Å². The molecule has 0 radical (unpaired) electrons. The third kappa shape index (κ3) is 3.95. The Morgan fingerprint density at radius 3 is 2.56 bits per heavy atom. The third-order valence-electron chi connectivity index (χ3n) is 5.57. The second kappa shape index (κ2) is 8.70. The van der Waals surface area contributed by atoms with Crippen molar-refractivity contribution in [3.05, 3.63) is 89.9 Å². The molecule has 1 aliphatic heterocycles. The number of allylic oxidation sites excluding steroid dienone is 1. The Balaban J connectivity index is 1.59. The molecule has 1 amide bonds. The number of amides is 1. The van der Waals surface area contributed by atoms with Crippen molar-refractivity contribution in [2.45, 2.75) is 13.0 Å². The zero-order chi connectivity index (χ0) is 23.7. The summed E-state index contributed by atoms with van der Waals surface area (Å²) >= 11 is 0. The number of carbonyl (C=O) groups is 1. The summed E-state index contributed by atoms with van der Waals surface area (Å²) < 4.78 is 7.01. The van der Waals surface area contributed by atoms with Gasteiger partial charge in [0.25, 0.3) is 5.91 Å². The number of carbonyl (C=O) groups excluding carboxylic acids is 1. The van der Waals surface area contributed by atoms with E-state index in [1.54, 1.807) is 60.6 Å². The van der Waals surface area contributed by atoms with Crippen molar-refractivity contribution >= 4 is 17.5 Å². The van der Waals surface area contributed by atoms with Crippen molar-refractivity contribution in [3.63, 3.8) is 0 Å². The number of phenolic OH excluding ortho intramolecular Hbond substituents is 1. The highest BCUT2D eigenvalue weighted by Crippen LogP contribution is 2.37. The summed E-state index contributed by atoms with van der Waals surface area (Å²) in [6.45, 7) is 1.84. The number of fused-ring (bicyclic) bond motifs is 1. The highest BCUT2D eigenvalue weighted by molar-refractivity contribution is 6.05. The van der Waals surface area contributed by atoms with E-state index < -0.39 is 6.04 Å². The van der Waals surface area contributed by atoms with Crippen molar-refractivity contribution in [1.82, 2.24) is 19.7 Å². The van der Waals surface area contributed by atoms with Crippen LogP contribution in [0.2, 0.25) is 0 Å². The van der Waals surface area contributed by atoms with Gasteiger partial charge >= 0.3 is 0 Å². The molecule has 0 unspecified atom stereocenters. The quantitative estimate of drug-likeness (QED) is 0.418. The number of aromatic hydroxyl groups is 1. The van der Waals surface area contributed by atoms with Crippen LogP contribution in [0.25, 0.3) is 11.4 Å². The molecule has 9 heteroatoms. The Morgan fingerprint density at radius 2 is 1.88 bits per heavy atom. The van der Waals surface area contributed by atoms with Gasteiger partial charge < -0.3 is 20.5 Å². The lowest BCUT2D eigenvalue weighted by Gasteiger charge is -2.28. The summed E-state index contributed by atoms with van der Waals surface area (Å²) in [7, 11) is 1.61. The fourth-order valence-corrected chi connectivity index (χ4v) is 3.91. The van der Waals surface area contributed by atoms with Gasteiger partial charge in [-0.25, -0.2) is 4.68 Å². The van der Waals surface area contributed by atoms with E-state index in [1.807, 2.05) is 31.2 Å². The molecule has 1 atom stereocenters. The normalized spacial score (nSPS) is 14.8. The monoisotopic (exact) mass is 454 g/mol. The van der Waals surface area contributed by atoms with Crippen LogP contribution in [0.15, 0.2) is 84.3 Å². The summed E-state index contributed by atoms with van der Waals surface area (Å²) in [6, 6.07) is 17.2. The van der Waals surface area contributed by atoms with Crippen LogP contribution in [0.1, 0.15) is 18.5 Å². The summed E-state index contributed by atoms with van der Waals surface area (Å²) in [5, 5.41) is 20.5. The molecular formula is C25H22N6O3. The van der Waals surface area contributed by atoms with Gasteiger partial charge in [0.1, 0.15) is 17.5 Å². The first-order chi connectivity index (χ1) is 16.5. The molecule has 0 saturated heterocycles. The number of rotatable bonds is 5. The molecule has 4 aromatic rings. The Labute approximate surface area is 195 Å². The first-order valence-corrected chi connectivity index (χ1v) is 10.6. The van der Waals surface area contributed by atoms with Crippen molar-refractivity contribution < 1.29 is 14.6 Å². The first-order valence-electron chi connectivity index (χ1n) is 10.6. The number of ether oxygens (including phenoxy) is 1. The molecule has 0 bridgehead atoms. The van der Waals surface area contributed by atoms with Crippen LogP contribution in [0.5, 0.6) is 11.5 Å². The minimum Gasteiger partial charge on any atom is -0.508 e. The van der Waals surface area contributed by atoms with E-state index in [0.717, 1.165) is 11.1 Å². The number of nitrogens with one attached hydrogen (secondary N) is 2. The van der Waals surface area contributed by atoms with Crippen LogP contribution < -0.4 is 15.4 Å². The number of phenols is 1. The Bertz CT molecular complexity index is 1360. The van der Waals surface area contributed by atoms with Crippen LogP contribution in [0, 0.1) is 0 Å². The third-order valence-corrected chi connectivity index (χ3v) is 5.57. The number of nitrogens with zero attached hydrogens (tertiary/aromatic N) is 4. The molecule has 2 aromatic carbocycles. The van der Waals surface area contributed by atoms with E-state index in [9.17, 15) is 9.90 Å². The molecule has 1 aliphatic rings. The maximum atomic E-state index is 13.5. The number of aromatic nitrogens is 4. The number of benzene rings is 2. The van der Waals surface area contributed by atoms with E-state index in [1.165, 1.54) is 0 Å². The lowest BCUT2D eigenvalue weighted by Crippen LogP contribution is -2.31. The van der Waals surface area contributed by atoms with E-state index in [0.29, 0.717) is 34.5 Å². The molecular weight excluding hydrogens is 432 g/mol. The molecule has 0 saturated carbocycles. The first kappa shape index (κ1) is 21.2. The predicted molar refractivity (Wildman–Crippen MR) is 127 cm³/mol. The number of hydrogen-bond acceptors (Lipinski definition) is 7. The summed E-state index contributed by atoms with van der Waals surface area (Å²) in [6.07, 6.45) is 3.24. The van der Waals surface area contributed by atoms with Crippen LogP contribution in [0.4, 0.5) is 11.6 Å². The maximum absolute atomic E-state index is 13.5. The SMILES string of the molecule is COc1ccc([C@@H]2C(C(=O)Nc3cccnc3)=C(C)Nc3nc(-c4ccc(O)cc4)nn32)cc1. The molecule has 3 heterocycles. The molecule has 3 N–H and O–H groups in total. The van der Waals surface area contributed by atoms with Gasteiger partial charge in [-0.05, 0) is 61.0 Å². The van der Waals surface area contributed by atoms with Crippen LogP contribution in [-0.4, -0.2) is 37.9 Å². The standard InChI is InChI=1S/C25H22N6O3/c1-15-21(24(33)28-18-4-3-13-26-14-18)22(16-7-11-20(34-2)12-8-16)31-25(27-15)29-23(30-31)17-5-9-19(32)10-6-17/h3-14,22,32H,1-2H3,(H,28,33)(H,27,29,30)/t22-/m1/s1. The minimum absolute atomic E-state index is 0.161. The van der Waals surface area contributed by atoms with Gasteiger partial charge in [-0.1, -0.05) is 12.1 Å². The molecule has 0 fully saturated rings. The molecule has 170 valence electrons. The predicted octanol–water partition coefficient (Wildman–Crippen LogP) is 3.98. The molecule has 34 heavy (non-hydrogen) atoms. The maximum Gasteiger partial charge on any atom is 0.255 e. The van der Waals surface area contributed by atoms with Gasteiger partial charge in [0.2, 0.25) is 5.95 Å². The molecule has 5 rings (SSSR count). The van der Waals surface area contributed by atoms with Crippen LogP contribution >= 0.6 is 0 Å². The fraction of sp³-hybridized carbons (Fsp3) is 0.120. The average molecular weight is 454 g/mol. The fourth-order valence-electron chi connectivity index (χ4n) is 3.91. The Kier molecular flexibility index (Phi) is 5.43. The van der Waals surface area contributed by atoms with Crippen LogP contribution in [-0.2, 0) is 4.79 Å². The zero-order valence-corrected chi connectivity index (χ0v) is 18.6. The molecule has 0 spiro atoms. The largest absolute Gasteiger partial charge is 0.508 e.